The van der Waals surface area contributed by atoms with Crippen LogP contribution in [-0.2, 0) is 20.9 Å². The number of amides is 2. The highest BCUT2D eigenvalue weighted by molar-refractivity contribution is 8.00. The lowest BCUT2D eigenvalue weighted by Crippen LogP contribution is -2.20. The van der Waals surface area contributed by atoms with Crippen LogP contribution < -0.4 is 10.1 Å². The number of hydrogen-bond donors (Lipinski definition) is 1. The van der Waals surface area contributed by atoms with Crippen molar-refractivity contribution in [3.63, 3.8) is 0 Å². The zero-order valence-corrected chi connectivity index (χ0v) is 21.5. The van der Waals surface area contributed by atoms with Crippen molar-refractivity contribution in [2.24, 2.45) is 4.99 Å². The second kappa shape index (κ2) is 12.0. The van der Waals surface area contributed by atoms with E-state index in [1.165, 1.54) is 34.8 Å². The minimum atomic E-state index is -0.462. The minimum Gasteiger partial charge on any atom is -0.383 e. The molecule has 0 aliphatic heterocycles. The molecule has 0 bridgehead atoms. The van der Waals surface area contributed by atoms with Gasteiger partial charge in [0.1, 0.15) is 0 Å². The average Bonchev–Trinajstić information content (AvgIpc) is 3.47. The molecule has 0 fully saturated rings. The number of thioether (sulfide) groups is 1. The van der Waals surface area contributed by atoms with E-state index < -0.39 is 10.8 Å². The summed E-state index contributed by atoms with van der Waals surface area (Å²) in [5.41, 5.74) is 2.46. The number of methoxy groups -OCH3 is 1. The first-order chi connectivity index (χ1) is 17.4. The standard InChI is InChI=1S/C23H21N5O5S3/c1-33-10-9-27-18-8-7-16(28(31)32)11-19(18)36-23(27)26-21(30)14-34-13-20(29)25-22-24-17(12-35-22)15-5-3-2-4-6-15/h2-8,11-12H,9-10,13-14H2,1H3,(H,24,25,29). The molecule has 1 N–H and O–H groups in total. The molecule has 2 amide bonds. The highest BCUT2D eigenvalue weighted by Crippen LogP contribution is 2.25. The maximum absolute atomic E-state index is 12.5. The second-order valence-corrected chi connectivity index (χ2v) is 10.2. The van der Waals surface area contributed by atoms with Crippen LogP contribution in [0.5, 0.6) is 0 Å². The lowest BCUT2D eigenvalue weighted by atomic mass is 10.2. The van der Waals surface area contributed by atoms with Gasteiger partial charge in [-0.1, -0.05) is 41.7 Å². The number of nitrogens with zero attached hydrogens (tertiary/aromatic N) is 4. The molecule has 4 aromatic rings. The molecular formula is C23H21N5O5S3. The third-order valence-electron chi connectivity index (χ3n) is 4.90. The summed E-state index contributed by atoms with van der Waals surface area (Å²) in [6.07, 6.45) is 0. The molecule has 2 aromatic carbocycles. The Labute approximate surface area is 217 Å². The molecule has 0 radical (unpaired) electrons. The van der Waals surface area contributed by atoms with Crippen molar-refractivity contribution in [1.29, 1.82) is 0 Å². The Morgan fingerprint density at radius 1 is 1.22 bits per heavy atom. The van der Waals surface area contributed by atoms with Crippen molar-refractivity contribution in [3.05, 3.63) is 68.8 Å². The Kier molecular flexibility index (Phi) is 8.59. The average molecular weight is 544 g/mol. The van der Waals surface area contributed by atoms with Gasteiger partial charge < -0.3 is 14.6 Å². The molecule has 0 unspecified atom stereocenters. The fraction of sp³-hybridized carbons (Fsp3) is 0.217. The number of anilines is 1. The normalized spacial score (nSPS) is 11.6. The van der Waals surface area contributed by atoms with Gasteiger partial charge >= 0.3 is 0 Å². The minimum absolute atomic E-state index is 0.0131. The highest BCUT2D eigenvalue weighted by atomic mass is 32.2. The summed E-state index contributed by atoms with van der Waals surface area (Å²) in [6.45, 7) is 0.830. The Balaban J connectivity index is 1.37. The molecule has 0 atom stereocenters. The van der Waals surface area contributed by atoms with Gasteiger partial charge in [-0.15, -0.1) is 23.1 Å². The zero-order chi connectivity index (χ0) is 25.5. The van der Waals surface area contributed by atoms with Crippen LogP contribution in [0.4, 0.5) is 10.8 Å². The van der Waals surface area contributed by atoms with Crippen LogP contribution in [0.1, 0.15) is 0 Å². The van der Waals surface area contributed by atoms with Crippen LogP contribution in [0.25, 0.3) is 21.5 Å². The SMILES string of the molecule is COCCn1c(=NC(=O)CSCC(=O)Nc2nc(-c3ccccc3)cs2)sc2cc([N+](=O)[O-])ccc21. The van der Waals surface area contributed by atoms with Crippen LogP contribution in [0.15, 0.2) is 58.9 Å². The Hall–Kier alpha value is -3.39. The van der Waals surface area contributed by atoms with Crippen LogP contribution in [-0.4, -0.2) is 51.5 Å². The molecule has 13 heteroatoms. The van der Waals surface area contributed by atoms with Crippen molar-refractivity contribution in [2.75, 3.05) is 30.5 Å². The highest BCUT2D eigenvalue weighted by Gasteiger charge is 2.14. The summed E-state index contributed by atoms with van der Waals surface area (Å²) in [7, 11) is 1.57. The third-order valence-corrected chi connectivity index (χ3v) is 7.61. The number of nitro groups is 1. The maximum Gasteiger partial charge on any atom is 0.270 e. The Bertz CT molecular complexity index is 1460. The van der Waals surface area contributed by atoms with Crippen LogP contribution in [0, 0.1) is 10.1 Å². The summed E-state index contributed by atoms with van der Waals surface area (Å²) in [4.78, 5) is 44.5. The summed E-state index contributed by atoms with van der Waals surface area (Å²) in [5.74, 6) is -0.574. The van der Waals surface area contributed by atoms with E-state index >= 15 is 0 Å². The van der Waals surface area contributed by atoms with Crippen molar-refractivity contribution in [1.82, 2.24) is 9.55 Å². The van der Waals surface area contributed by atoms with E-state index in [9.17, 15) is 19.7 Å². The molecule has 0 spiro atoms. The maximum atomic E-state index is 12.5. The fourth-order valence-corrected chi connectivity index (χ4v) is 5.70. The molecule has 36 heavy (non-hydrogen) atoms. The predicted octanol–water partition coefficient (Wildman–Crippen LogP) is 4.18. The molecule has 10 nitrogen and oxygen atoms in total. The number of aromatic nitrogens is 2. The molecule has 186 valence electrons. The summed E-state index contributed by atoms with van der Waals surface area (Å²) in [6, 6.07) is 14.2. The van der Waals surface area contributed by atoms with Crippen LogP contribution in [0.2, 0.25) is 0 Å². The van der Waals surface area contributed by atoms with E-state index in [1.54, 1.807) is 17.7 Å². The molecule has 0 aliphatic carbocycles. The smallest absolute Gasteiger partial charge is 0.270 e. The second-order valence-electron chi connectivity index (χ2n) is 7.39. The lowest BCUT2D eigenvalue weighted by Gasteiger charge is -2.04. The number of hydrogen-bond acceptors (Lipinski definition) is 9. The summed E-state index contributed by atoms with van der Waals surface area (Å²) in [5, 5.41) is 16.2. The van der Waals surface area contributed by atoms with Crippen molar-refractivity contribution >= 4 is 67.3 Å². The number of fused-ring (bicyclic) bond motifs is 1. The van der Waals surface area contributed by atoms with E-state index in [2.05, 4.69) is 15.3 Å². The lowest BCUT2D eigenvalue weighted by molar-refractivity contribution is -0.384. The first kappa shape index (κ1) is 25.7. The molecule has 0 saturated carbocycles. The van der Waals surface area contributed by atoms with E-state index in [0.717, 1.165) is 28.5 Å². The van der Waals surface area contributed by atoms with Crippen LogP contribution >= 0.6 is 34.4 Å². The number of thiazole rings is 2. The van der Waals surface area contributed by atoms with Gasteiger partial charge in [0.25, 0.3) is 11.6 Å². The number of nitrogens with one attached hydrogen (secondary N) is 1. The molecule has 0 saturated heterocycles. The summed E-state index contributed by atoms with van der Waals surface area (Å²) < 4.78 is 7.60. The third kappa shape index (κ3) is 6.43. The van der Waals surface area contributed by atoms with E-state index in [-0.39, 0.29) is 23.1 Å². The summed E-state index contributed by atoms with van der Waals surface area (Å²) >= 11 is 3.68. The molecule has 0 aliphatic rings. The molecule has 2 heterocycles. The van der Waals surface area contributed by atoms with Gasteiger partial charge in [0.05, 0.1) is 38.9 Å². The zero-order valence-electron chi connectivity index (χ0n) is 19.1. The van der Waals surface area contributed by atoms with Gasteiger partial charge in [0.15, 0.2) is 9.93 Å². The van der Waals surface area contributed by atoms with Crippen molar-refractivity contribution < 1.29 is 19.2 Å². The Morgan fingerprint density at radius 2 is 2.03 bits per heavy atom. The first-order valence-electron chi connectivity index (χ1n) is 10.7. The van der Waals surface area contributed by atoms with E-state index in [4.69, 9.17) is 4.74 Å². The largest absolute Gasteiger partial charge is 0.383 e. The fourth-order valence-electron chi connectivity index (χ4n) is 3.26. The quantitative estimate of drug-likeness (QED) is 0.235. The number of rotatable bonds is 10. The van der Waals surface area contributed by atoms with Gasteiger partial charge in [-0.2, -0.15) is 4.99 Å². The molecular weight excluding hydrogens is 522 g/mol. The van der Waals surface area contributed by atoms with Crippen molar-refractivity contribution in [2.45, 2.75) is 6.54 Å². The molecule has 2 aromatic heterocycles. The van der Waals surface area contributed by atoms with Gasteiger partial charge in [-0.05, 0) is 6.07 Å². The van der Waals surface area contributed by atoms with E-state index in [0.29, 0.717) is 27.8 Å². The number of ether oxygens (including phenoxy) is 1. The van der Waals surface area contributed by atoms with Gasteiger partial charge in [-0.3, -0.25) is 19.7 Å². The monoisotopic (exact) mass is 543 g/mol. The number of benzene rings is 2. The van der Waals surface area contributed by atoms with Gasteiger partial charge in [0.2, 0.25) is 5.91 Å². The van der Waals surface area contributed by atoms with Gasteiger partial charge in [0, 0.05) is 36.7 Å². The Morgan fingerprint density at radius 3 is 2.78 bits per heavy atom. The number of carbonyl (C=O) groups is 2. The van der Waals surface area contributed by atoms with Crippen LogP contribution in [0.3, 0.4) is 0 Å². The molecule has 4 rings (SSSR count). The predicted molar refractivity (Wildman–Crippen MR) is 142 cm³/mol. The topological polar surface area (TPSA) is 129 Å². The van der Waals surface area contributed by atoms with E-state index in [1.807, 2.05) is 35.7 Å². The number of nitro benzene ring substituents is 1. The van der Waals surface area contributed by atoms with Crippen molar-refractivity contribution in [3.8, 4) is 11.3 Å². The number of carbonyl (C=O) groups excluding carboxylic acids is 2. The number of non-ortho nitro benzene ring substituents is 1. The first-order valence-corrected chi connectivity index (χ1v) is 13.5. The van der Waals surface area contributed by atoms with Gasteiger partial charge in [-0.25, -0.2) is 4.98 Å².